The highest BCUT2D eigenvalue weighted by atomic mass is 16.3. The van der Waals surface area contributed by atoms with Crippen LogP contribution in [0, 0.1) is 0 Å². The number of aliphatic hydroxyl groups is 1. The van der Waals surface area contributed by atoms with Crippen molar-refractivity contribution in [3.63, 3.8) is 0 Å². The van der Waals surface area contributed by atoms with E-state index < -0.39 is 0 Å². The Bertz CT molecular complexity index is 310. The summed E-state index contributed by atoms with van der Waals surface area (Å²) in [4.78, 5) is 0. The summed E-state index contributed by atoms with van der Waals surface area (Å²) < 4.78 is 0. The van der Waals surface area contributed by atoms with Crippen LogP contribution in [-0.2, 0) is 0 Å². The van der Waals surface area contributed by atoms with Gasteiger partial charge < -0.3 is 10.4 Å². The minimum absolute atomic E-state index is 0.251. The Morgan fingerprint density at radius 1 is 1.17 bits per heavy atom. The molecule has 0 spiro atoms. The molecular formula is C16H27NO. The van der Waals surface area contributed by atoms with Crippen molar-refractivity contribution in [2.75, 3.05) is 6.54 Å². The predicted octanol–water partition coefficient (Wildman–Crippen LogP) is 3.32. The summed E-state index contributed by atoms with van der Waals surface area (Å²) in [5.41, 5.74) is 1.31. The maximum atomic E-state index is 9.62. The van der Waals surface area contributed by atoms with Gasteiger partial charge in [-0.05, 0) is 38.2 Å². The van der Waals surface area contributed by atoms with Gasteiger partial charge in [-0.3, -0.25) is 0 Å². The molecule has 3 unspecified atom stereocenters. The Morgan fingerprint density at radius 3 is 2.39 bits per heavy atom. The second-order valence-corrected chi connectivity index (χ2v) is 5.29. The highest BCUT2D eigenvalue weighted by molar-refractivity contribution is 5.20. The van der Waals surface area contributed by atoms with Crippen LogP contribution in [0.1, 0.15) is 51.5 Å². The Kier molecular flexibility index (Phi) is 6.99. The van der Waals surface area contributed by atoms with Gasteiger partial charge in [0.25, 0.3) is 0 Å². The number of nitrogens with one attached hydrogen (secondary N) is 1. The maximum absolute atomic E-state index is 9.62. The molecule has 0 radical (unpaired) electrons. The number of rotatable bonds is 8. The molecule has 0 aromatic heterocycles. The summed E-state index contributed by atoms with van der Waals surface area (Å²) in [7, 11) is 0. The van der Waals surface area contributed by atoms with Crippen LogP contribution in [0.5, 0.6) is 0 Å². The smallest absolute Gasteiger partial charge is 0.0518 e. The molecule has 0 amide bonds. The lowest BCUT2D eigenvalue weighted by molar-refractivity contribution is 0.172. The van der Waals surface area contributed by atoms with Crippen molar-refractivity contribution in [1.29, 1.82) is 0 Å². The average Bonchev–Trinajstić information content (AvgIpc) is 2.35. The number of hydrogen-bond donors (Lipinski definition) is 2. The van der Waals surface area contributed by atoms with Crippen LogP contribution in [0.2, 0.25) is 0 Å². The molecule has 1 aromatic carbocycles. The summed E-state index contributed by atoms with van der Waals surface area (Å²) in [5, 5.41) is 13.2. The van der Waals surface area contributed by atoms with Gasteiger partial charge in [0.2, 0.25) is 0 Å². The molecule has 18 heavy (non-hydrogen) atoms. The molecule has 0 saturated carbocycles. The fourth-order valence-corrected chi connectivity index (χ4v) is 2.35. The van der Waals surface area contributed by atoms with E-state index >= 15 is 0 Å². The number of aliphatic hydroxyl groups excluding tert-OH is 1. The first-order valence-corrected chi connectivity index (χ1v) is 7.09. The zero-order chi connectivity index (χ0) is 13.4. The lowest BCUT2D eigenvalue weighted by atomic mass is 9.93. The van der Waals surface area contributed by atoms with Crippen molar-refractivity contribution in [1.82, 2.24) is 5.32 Å². The summed E-state index contributed by atoms with van der Waals surface area (Å²) in [6.07, 6.45) is 2.98. The van der Waals surface area contributed by atoms with Crippen molar-refractivity contribution in [2.24, 2.45) is 0 Å². The van der Waals surface area contributed by atoms with E-state index in [2.05, 4.69) is 43.4 Å². The highest BCUT2D eigenvalue weighted by Crippen LogP contribution is 2.20. The summed E-state index contributed by atoms with van der Waals surface area (Å²) >= 11 is 0. The van der Waals surface area contributed by atoms with Crippen LogP contribution >= 0.6 is 0 Å². The monoisotopic (exact) mass is 249 g/mol. The second kappa shape index (κ2) is 8.28. The lowest BCUT2D eigenvalue weighted by Gasteiger charge is -2.22. The van der Waals surface area contributed by atoms with E-state index in [9.17, 15) is 5.11 Å². The van der Waals surface area contributed by atoms with Gasteiger partial charge in [-0.1, -0.05) is 43.7 Å². The molecule has 102 valence electrons. The third kappa shape index (κ3) is 5.65. The molecule has 0 aliphatic rings. The van der Waals surface area contributed by atoms with E-state index in [-0.39, 0.29) is 6.10 Å². The highest BCUT2D eigenvalue weighted by Gasteiger charge is 2.14. The summed E-state index contributed by atoms with van der Waals surface area (Å²) in [6.45, 7) is 7.25. The van der Waals surface area contributed by atoms with Crippen LogP contribution in [0.25, 0.3) is 0 Å². The third-order valence-electron chi connectivity index (χ3n) is 3.33. The Labute approximate surface area is 111 Å². The van der Waals surface area contributed by atoms with Crippen LogP contribution in [0.4, 0.5) is 0 Å². The molecule has 0 bridgehead atoms. The molecule has 0 aliphatic heterocycles. The van der Waals surface area contributed by atoms with Gasteiger partial charge in [-0.2, -0.15) is 0 Å². The lowest BCUT2D eigenvalue weighted by Crippen LogP contribution is -2.31. The van der Waals surface area contributed by atoms with Crippen molar-refractivity contribution in [3.05, 3.63) is 35.9 Å². The third-order valence-corrected chi connectivity index (χ3v) is 3.33. The standard InChI is InChI=1S/C16H27NO/c1-4-8-13(2)17-12-16(11-14(3)18)15-9-6-5-7-10-15/h5-7,9-10,13-14,16-18H,4,8,11-12H2,1-3H3. The number of hydrogen-bond acceptors (Lipinski definition) is 2. The minimum Gasteiger partial charge on any atom is -0.393 e. The quantitative estimate of drug-likeness (QED) is 0.741. The molecule has 0 heterocycles. The normalized spacial score (nSPS) is 16.2. The molecule has 2 nitrogen and oxygen atoms in total. The topological polar surface area (TPSA) is 32.3 Å². The van der Waals surface area contributed by atoms with Gasteiger partial charge in [0, 0.05) is 12.6 Å². The molecule has 2 N–H and O–H groups in total. The molecule has 0 aliphatic carbocycles. The van der Waals surface area contributed by atoms with Gasteiger partial charge in [0.1, 0.15) is 0 Å². The van der Waals surface area contributed by atoms with E-state index in [0.717, 1.165) is 13.0 Å². The van der Waals surface area contributed by atoms with Gasteiger partial charge in [-0.25, -0.2) is 0 Å². The zero-order valence-electron chi connectivity index (χ0n) is 11.9. The molecule has 2 heteroatoms. The first-order valence-electron chi connectivity index (χ1n) is 7.09. The van der Waals surface area contributed by atoms with Crippen LogP contribution in [0.3, 0.4) is 0 Å². The molecular weight excluding hydrogens is 222 g/mol. The SMILES string of the molecule is CCCC(C)NCC(CC(C)O)c1ccccc1. The molecule has 0 fully saturated rings. The van der Waals surface area contributed by atoms with E-state index in [1.165, 1.54) is 18.4 Å². The molecule has 1 aromatic rings. The van der Waals surface area contributed by atoms with Gasteiger partial charge in [-0.15, -0.1) is 0 Å². The average molecular weight is 249 g/mol. The predicted molar refractivity (Wildman–Crippen MR) is 77.9 cm³/mol. The van der Waals surface area contributed by atoms with E-state index in [4.69, 9.17) is 0 Å². The Morgan fingerprint density at radius 2 is 1.83 bits per heavy atom. The Hall–Kier alpha value is -0.860. The fourth-order valence-electron chi connectivity index (χ4n) is 2.35. The van der Waals surface area contributed by atoms with Crippen LogP contribution in [0.15, 0.2) is 30.3 Å². The number of benzene rings is 1. The van der Waals surface area contributed by atoms with E-state index in [0.29, 0.717) is 12.0 Å². The fraction of sp³-hybridized carbons (Fsp3) is 0.625. The molecule has 3 atom stereocenters. The largest absolute Gasteiger partial charge is 0.393 e. The first-order chi connectivity index (χ1) is 8.63. The summed E-state index contributed by atoms with van der Waals surface area (Å²) in [6, 6.07) is 11.0. The second-order valence-electron chi connectivity index (χ2n) is 5.29. The maximum Gasteiger partial charge on any atom is 0.0518 e. The van der Waals surface area contributed by atoms with Gasteiger partial charge in [0.05, 0.1) is 6.10 Å². The van der Waals surface area contributed by atoms with Gasteiger partial charge in [0.15, 0.2) is 0 Å². The van der Waals surface area contributed by atoms with Crippen molar-refractivity contribution >= 4 is 0 Å². The Balaban J connectivity index is 2.56. The van der Waals surface area contributed by atoms with Crippen molar-refractivity contribution < 1.29 is 5.11 Å². The molecule has 1 rings (SSSR count). The minimum atomic E-state index is -0.251. The summed E-state index contributed by atoms with van der Waals surface area (Å²) in [5.74, 6) is 0.394. The zero-order valence-corrected chi connectivity index (χ0v) is 11.9. The van der Waals surface area contributed by atoms with E-state index in [1.807, 2.05) is 13.0 Å². The van der Waals surface area contributed by atoms with E-state index in [1.54, 1.807) is 0 Å². The van der Waals surface area contributed by atoms with Crippen molar-refractivity contribution in [3.8, 4) is 0 Å². The van der Waals surface area contributed by atoms with Crippen LogP contribution in [-0.4, -0.2) is 23.8 Å². The van der Waals surface area contributed by atoms with Crippen LogP contribution < -0.4 is 5.32 Å². The molecule has 0 saturated heterocycles. The first kappa shape index (κ1) is 15.2. The van der Waals surface area contributed by atoms with Gasteiger partial charge >= 0.3 is 0 Å². The van der Waals surface area contributed by atoms with Crippen molar-refractivity contribution in [2.45, 2.75) is 58.1 Å².